The molecule has 5 nitrogen and oxygen atoms in total. The zero-order chi connectivity index (χ0) is 18.8. The van der Waals surface area contributed by atoms with Crippen LogP contribution >= 0.6 is 0 Å². The van der Waals surface area contributed by atoms with Gasteiger partial charge in [0.15, 0.2) is 0 Å². The fraction of sp³-hybridized carbons (Fsp3) is 0.455. The number of nitrogens with zero attached hydrogens (tertiary/aromatic N) is 4. The minimum atomic E-state index is 0.101. The maximum atomic E-state index is 13.0. The molecule has 0 unspecified atom stereocenters. The standard InChI is InChI=1S/C22H28N4O/c1-17-6-5-7-21(18(17)2)25-10-12-26(13-11-25)22(27)19-14-20(16-23-15-19)24-8-3-4-9-24/h5-7,14-16H,3-4,8-13H2,1-2H3. The topological polar surface area (TPSA) is 39.7 Å². The minimum Gasteiger partial charge on any atom is -0.370 e. The molecule has 3 heterocycles. The molecule has 27 heavy (non-hydrogen) atoms. The molecule has 0 saturated carbocycles. The summed E-state index contributed by atoms with van der Waals surface area (Å²) in [4.78, 5) is 24.0. The van der Waals surface area contributed by atoms with Gasteiger partial charge in [0, 0.05) is 51.2 Å². The first-order chi connectivity index (χ1) is 13.1. The van der Waals surface area contributed by atoms with Crippen LogP contribution in [-0.2, 0) is 0 Å². The zero-order valence-electron chi connectivity index (χ0n) is 16.3. The van der Waals surface area contributed by atoms with Crippen molar-refractivity contribution < 1.29 is 4.79 Å². The van der Waals surface area contributed by atoms with Gasteiger partial charge >= 0.3 is 0 Å². The van der Waals surface area contributed by atoms with Crippen molar-refractivity contribution in [3.63, 3.8) is 0 Å². The highest BCUT2D eigenvalue weighted by molar-refractivity contribution is 5.95. The fourth-order valence-corrected chi connectivity index (χ4v) is 4.10. The molecule has 4 rings (SSSR count). The van der Waals surface area contributed by atoms with Gasteiger partial charge in [0.2, 0.25) is 0 Å². The first kappa shape index (κ1) is 17.8. The number of hydrogen-bond donors (Lipinski definition) is 0. The molecular weight excluding hydrogens is 336 g/mol. The molecule has 0 aliphatic carbocycles. The lowest BCUT2D eigenvalue weighted by atomic mass is 10.1. The Bertz CT molecular complexity index is 821. The van der Waals surface area contributed by atoms with Gasteiger partial charge in [-0.1, -0.05) is 12.1 Å². The molecule has 0 atom stereocenters. The first-order valence-corrected chi connectivity index (χ1v) is 9.94. The van der Waals surface area contributed by atoms with E-state index in [4.69, 9.17) is 0 Å². The molecule has 2 aromatic rings. The van der Waals surface area contributed by atoms with Gasteiger partial charge in [-0.3, -0.25) is 9.78 Å². The van der Waals surface area contributed by atoms with Crippen molar-refractivity contribution in [3.05, 3.63) is 53.3 Å². The van der Waals surface area contributed by atoms with Gasteiger partial charge in [0.25, 0.3) is 5.91 Å². The summed E-state index contributed by atoms with van der Waals surface area (Å²) in [6, 6.07) is 8.46. The molecule has 0 N–H and O–H groups in total. The molecule has 0 radical (unpaired) electrons. The molecule has 142 valence electrons. The predicted octanol–water partition coefficient (Wildman–Crippen LogP) is 3.26. The summed E-state index contributed by atoms with van der Waals surface area (Å²) in [7, 11) is 0. The summed E-state index contributed by atoms with van der Waals surface area (Å²) in [5.41, 5.74) is 5.72. The number of aromatic nitrogens is 1. The summed E-state index contributed by atoms with van der Waals surface area (Å²) in [6.07, 6.45) is 6.02. The Kier molecular flexibility index (Phi) is 5.01. The quantitative estimate of drug-likeness (QED) is 0.838. The van der Waals surface area contributed by atoms with Crippen molar-refractivity contribution in [2.45, 2.75) is 26.7 Å². The Labute approximate surface area is 161 Å². The van der Waals surface area contributed by atoms with Gasteiger partial charge in [-0.25, -0.2) is 0 Å². The second-order valence-electron chi connectivity index (χ2n) is 7.62. The highest BCUT2D eigenvalue weighted by atomic mass is 16.2. The molecule has 2 aliphatic rings. The number of pyridine rings is 1. The summed E-state index contributed by atoms with van der Waals surface area (Å²) < 4.78 is 0. The van der Waals surface area contributed by atoms with Crippen molar-refractivity contribution in [3.8, 4) is 0 Å². The number of benzene rings is 1. The molecule has 0 bridgehead atoms. The maximum absolute atomic E-state index is 13.0. The molecule has 2 aliphatic heterocycles. The molecule has 1 aromatic carbocycles. The van der Waals surface area contributed by atoms with E-state index in [1.165, 1.54) is 29.7 Å². The molecular formula is C22H28N4O. The van der Waals surface area contributed by atoms with E-state index >= 15 is 0 Å². The van der Waals surface area contributed by atoms with Crippen LogP contribution < -0.4 is 9.80 Å². The van der Waals surface area contributed by atoms with Crippen molar-refractivity contribution in [1.82, 2.24) is 9.88 Å². The fourth-order valence-electron chi connectivity index (χ4n) is 4.10. The van der Waals surface area contributed by atoms with Crippen LogP contribution in [0.2, 0.25) is 0 Å². The van der Waals surface area contributed by atoms with E-state index in [-0.39, 0.29) is 5.91 Å². The molecule has 0 spiro atoms. The Balaban J connectivity index is 1.43. The largest absolute Gasteiger partial charge is 0.370 e. The van der Waals surface area contributed by atoms with E-state index in [9.17, 15) is 4.79 Å². The monoisotopic (exact) mass is 364 g/mol. The normalized spacial score (nSPS) is 17.5. The molecule has 2 fully saturated rings. The van der Waals surface area contributed by atoms with Crippen LogP contribution in [0.15, 0.2) is 36.7 Å². The summed E-state index contributed by atoms with van der Waals surface area (Å²) >= 11 is 0. The Hall–Kier alpha value is -2.56. The molecule has 1 amide bonds. The van der Waals surface area contributed by atoms with Crippen molar-refractivity contribution in [2.75, 3.05) is 49.1 Å². The number of aryl methyl sites for hydroxylation is 1. The lowest BCUT2D eigenvalue weighted by molar-refractivity contribution is 0.0746. The van der Waals surface area contributed by atoms with Gasteiger partial charge in [0.1, 0.15) is 0 Å². The Morgan fingerprint density at radius 3 is 2.41 bits per heavy atom. The van der Waals surface area contributed by atoms with Crippen LogP contribution in [0.1, 0.15) is 34.3 Å². The SMILES string of the molecule is Cc1cccc(N2CCN(C(=O)c3cncc(N4CCCC4)c3)CC2)c1C. The average Bonchev–Trinajstić information content (AvgIpc) is 3.25. The Morgan fingerprint density at radius 1 is 0.926 bits per heavy atom. The van der Waals surface area contributed by atoms with E-state index in [2.05, 4.69) is 46.8 Å². The average molecular weight is 364 g/mol. The summed E-state index contributed by atoms with van der Waals surface area (Å²) in [6.45, 7) is 9.70. The number of rotatable bonds is 3. The number of piperazine rings is 1. The number of amides is 1. The number of carbonyl (C=O) groups is 1. The van der Waals surface area contributed by atoms with Crippen LogP contribution in [0, 0.1) is 13.8 Å². The lowest BCUT2D eigenvalue weighted by Crippen LogP contribution is -2.49. The van der Waals surface area contributed by atoms with Gasteiger partial charge in [-0.15, -0.1) is 0 Å². The van der Waals surface area contributed by atoms with Crippen LogP contribution in [0.5, 0.6) is 0 Å². The second kappa shape index (κ2) is 7.59. The lowest BCUT2D eigenvalue weighted by Gasteiger charge is -2.37. The second-order valence-corrected chi connectivity index (χ2v) is 7.62. The maximum Gasteiger partial charge on any atom is 0.255 e. The van der Waals surface area contributed by atoms with Gasteiger partial charge in [-0.2, -0.15) is 0 Å². The van der Waals surface area contributed by atoms with Crippen molar-refractivity contribution in [1.29, 1.82) is 0 Å². The minimum absolute atomic E-state index is 0.101. The highest BCUT2D eigenvalue weighted by Crippen LogP contribution is 2.25. The van der Waals surface area contributed by atoms with E-state index in [0.29, 0.717) is 5.56 Å². The van der Waals surface area contributed by atoms with Crippen LogP contribution in [0.4, 0.5) is 11.4 Å². The first-order valence-electron chi connectivity index (χ1n) is 9.94. The van der Waals surface area contributed by atoms with Gasteiger partial charge in [-0.05, 0) is 49.9 Å². The highest BCUT2D eigenvalue weighted by Gasteiger charge is 2.24. The molecule has 2 saturated heterocycles. The number of anilines is 2. The van der Waals surface area contributed by atoms with Crippen LogP contribution in [0.25, 0.3) is 0 Å². The molecule has 1 aromatic heterocycles. The number of carbonyl (C=O) groups excluding carboxylic acids is 1. The van der Waals surface area contributed by atoms with E-state index in [1.807, 2.05) is 17.2 Å². The van der Waals surface area contributed by atoms with Crippen molar-refractivity contribution >= 4 is 17.3 Å². The number of hydrogen-bond acceptors (Lipinski definition) is 4. The van der Waals surface area contributed by atoms with Crippen LogP contribution in [0.3, 0.4) is 0 Å². The third-order valence-electron chi connectivity index (χ3n) is 5.93. The summed E-state index contributed by atoms with van der Waals surface area (Å²) in [5, 5.41) is 0. The van der Waals surface area contributed by atoms with E-state index in [1.54, 1.807) is 6.20 Å². The zero-order valence-corrected chi connectivity index (χ0v) is 16.3. The predicted molar refractivity (Wildman–Crippen MR) is 110 cm³/mol. The smallest absolute Gasteiger partial charge is 0.255 e. The van der Waals surface area contributed by atoms with E-state index < -0.39 is 0 Å². The molecule has 5 heteroatoms. The summed E-state index contributed by atoms with van der Waals surface area (Å²) in [5.74, 6) is 0.101. The van der Waals surface area contributed by atoms with Gasteiger partial charge in [0.05, 0.1) is 17.4 Å². The third kappa shape index (κ3) is 3.64. The van der Waals surface area contributed by atoms with Crippen LogP contribution in [-0.4, -0.2) is 55.1 Å². The Morgan fingerprint density at radius 2 is 1.67 bits per heavy atom. The third-order valence-corrected chi connectivity index (χ3v) is 5.93. The van der Waals surface area contributed by atoms with Crippen molar-refractivity contribution in [2.24, 2.45) is 0 Å². The van der Waals surface area contributed by atoms with E-state index in [0.717, 1.165) is 45.0 Å². The van der Waals surface area contributed by atoms with Gasteiger partial charge < -0.3 is 14.7 Å².